The molecule has 87 heavy (non-hydrogen) atoms. The minimum atomic E-state index is -1.88. The molecule has 5 aromatic carbocycles. The Morgan fingerprint density at radius 3 is 2.25 bits per heavy atom. The summed E-state index contributed by atoms with van der Waals surface area (Å²) in [6.07, 6.45) is -7.23. The maximum absolute atomic E-state index is 14.4. The van der Waals surface area contributed by atoms with Crippen LogP contribution in [0, 0.1) is 5.92 Å². The molecule has 1 saturated heterocycles. The van der Waals surface area contributed by atoms with Crippen LogP contribution in [0.5, 0.6) is 46.0 Å². The van der Waals surface area contributed by atoms with E-state index in [1.807, 2.05) is 20.8 Å². The first kappa shape index (κ1) is 66.3. The molecular weight excluding hydrogens is 1180 g/mol. The summed E-state index contributed by atoms with van der Waals surface area (Å²) in [6.45, 7) is 5.09. The number of phenolic OH excluding ortho intramolecular Hbond substituents is 3. The first-order chi connectivity index (χ1) is 41.3. The maximum atomic E-state index is 14.4. The number of phenols is 3. The second kappa shape index (κ2) is 29.4. The van der Waals surface area contributed by atoms with Crippen LogP contribution in [0.25, 0.3) is 11.1 Å². The molecule has 0 aromatic heterocycles. The van der Waals surface area contributed by atoms with Crippen molar-refractivity contribution in [2.45, 2.75) is 120 Å². The second-order valence-corrected chi connectivity index (χ2v) is 22.1. The lowest BCUT2D eigenvalue weighted by molar-refractivity contribution is -0.185. The molecule has 8 rings (SSSR count). The van der Waals surface area contributed by atoms with Gasteiger partial charge in [-0.3, -0.25) is 28.8 Å². The molecule has 0 aliphatic carbocycles. The topological polar surface area (TPSA) is 396 Å². The van der Waals surface area contributed by atoms with Gasteiger partial charge in [0.15, 0.2) is 11.5 Å². The fourth-order valence-electron chi connectivity index (χ4n) is 9.94. The summed E-state index contributed by atoms with van der Waals surface area (Å²) >= 11 is 13.8. The van der Waals surface area contributed by atoms with E-state index in [9.17, 15) is 69.3 Å². The van der Waals surface area contributed by atoms with Gasteiger partial charge in [-0.1, -0.05) is 62.2 Å². The number of amides is 6. The number of benzene rings is 5. The standard InChI is InChI=1S/C60H69Cl2N7O18/c1-6-28-7-10-42(74)36(14-28)52-35(20-33(73)21-44(52)76)41(26-71)66-50(78)24-43(75)29-8-11-45(37(61)15-29)85-47-17-31-18-48(56(47)87-51-22-32(72)19-34(25-70)84-51)86-46-12-9-30(16-38(46)62)55(79)54(69-57(80)39(64-4)13-27(2)3)60(83)67-40(23-49(63)77)58(81)68-53(31)59(82)65-5/h7-12,14-18,20-21,26-27,32,34,39-41,43,51,53-55,64,70,72-76,79H,6,13,19,22-25H2,1-5H3,(H2,63,77)(H,65,82)(H,66,78)(H,67,83)(H,68,81)(H,69,80)/t32-,34-,39+,40-,41+,43-,51-,53+,54+,55+/m0/s1. The molecule has 4 bridgehead atoms. The van der Waals surface area contributed by atoms with Crippen molar-refractivity contribution in [3.8, 4) is 57.1 Å². The zero-order valence-electron chi connectivity index (χ0n) is 47.8. The van der Waals surface area contributed by atoms with Crippen molar-refractivity contribution in [2.24, 2.45) is 11.7 Å². The number of aliphatic hydroxyl groups excluding tert-OH is 4. The van der Waals surface area contributed by atoms with Crippen LogP contribution in [0.3, 0.4) is 0 Å². The van der Waals surface area contributed by atoms with E-state index in [0.29, 0.717) is 19.1 Å². The summed E-state index contributed by atoms with van der Waals surface area (Å²) in [7, 11) is 2.78. The third-order valence-electron chi connectivity index (χ3n) is 14.4. The maximum Gasteiger partial charge on any atom is 0.246 e. The van der Waals surface area contributed by atoms with Crippen LogP contribution in [0.15, 0.2) is 78.9 Å². The zero-order chi connectivity index (χ0) is 63.6. The van der Waals surface area contributed by atoms with E-state index in [2.05, 4.69) is 31.9 Å². The molecule has 27 heteroatoms. The van der Waals surface area contributed by atoms with E-state index >= 15 is 0 Å². The van der Waals surface area contributed by atoms with Gasteiger partial charge in [0.25, 0.3) is 0 Å². The minimum Gasteiger partial charge on any atom is -0.508 e. The van der Waals surface area contributed by atoms with Crippen molar-refractivity contribution in [1.29, 1.82) is 0 Å². The largest absolute Gasteiger partial charge is 0.508 e. The minimum absolute atomic E-state index is 0.00642. The molecule has 1 fully saturated rings. The van der Waals surface area contributed by atoms with Gasteiger partial charge in [0.05, 0.1) is 53.8 Å². The Morgan fingerprint density at radius 2 is 1.61 bits per heavy atom. The number of hydrogen-bond acceptors (Lipinski definition) is 19. The summed E-state index contributed by atoms with van der Waals surface area (Å²) in [4.78, 5) is 95.4. The van der Waals surface area contributed by atoms with Gasteiger partial charge < -0.3 is 97.1 Å². The van der Waals surface area contributed by atoms with Crippen LogP contribution in [0.4, 0.5) is 0 Å². The van der Waals surface area contributed by atoms with Crippen LogP contribution in [0.2, 0.25) is 10.0 Å². The predicted octanol–water partition coefficient (Wildman–Crippen LogP) is 4.07. The lowest BCUT2D eigenvalue weighted by Gasteiger charge is -2.33. The van der Waals surface area contributed by atoms with Gasteiger partial charge >= 0.3 is 0 Å². The average molecular weight is 1250 g/mol. The summed E-state index contributed by atoms with van der Waals surface area (Å²) in [5, 5.41) is 91.5. The van der Waals surface area contributed by atoms with Gasteiger partial charge in [-0.25, -0.2) is 0 Å². The van der Waals surface area contributed by atoms with Crippen LogP contribution >= 0.6 is 23.2 Å². The van der Waals surface area contributed by atoms with Gasteiger partial charge in [0.1, 0.15) is 65.3 Å². The van der Waals surface area contributed by atoms with Crippen molar-refractivity contribution < 1.29 is 88.3 Å². The number of ether oxygens (including phenoxy) is 4. The van der Waals surface area contributed by atoms with Gasteiger partial charge in [-0.2, -0.15) is 0 Å². The highest BCUT2D eigenvalue weighted by Crippen LogP contribution is 2.48. The molecule has 3 aliphatic heterocycles. The fourth-order valence-corrected chi connectivity index (χ4v) is 10.4. The molecule has 0 spiro atoms. The van der Waals surface area contributed by atoms with Crippen LogP contribution in [-0.2, 0) is 44.7 Å². The Hall–Kier alpha value is -8.27. The first-order valence-electron chi connectivity index (χ1n) is 27.7. The first-order valence-corrected chi connectivity index (χ1v) is 28.4. The number of likely N-dealkylation sites (N-methyl/N-ethyl adjacent to an activating group) is 2. The number of carbonyl (C=O) groups excluding carboxylic acids is 7. The number of nitrogens with two attached hydrogens (primary N) is 1. The number of hydrogen-bond donors (Lipinski definition) is 14. The van der Waals surface area contributed by atoms with Crippen molar-refractivity contribution in [3.63, 3.8) is 0 Å². The van der Waals surface area contributed by atoms with Gasteiger partial charge in [0, 0.05) is 37.1 Å². The number of aliphatic hydroxyl groups is 4. The molecular formula is C60H69Cl2N7O18. The highest BCUT2D eigenvalue weighted by atomic mass is 35.5. The van der Waals surface area contributed by atoms with E-state index in [0.717, 1.165) is 17.7 Å². The second-order valence-electron chi connectivity index (χ2n) is 21.3. The Kier molecular flexibility index (Phi) is 22.4. The predicted molar refractivity (Wildman–Crippen MR) is 314 cm³/mol. The monoisotopic (exact) mass is 1250 g/mol. The smallest absolute Gasteiger partial charge is 0.246 e. The van der Waals surface area contributed by atoms with Crippen molar-refractivity contribution in [1.82, 2.24) is 31.9 Å². The van der Waals surface area contributed by atoms with E-state index in [4.69, 9.17) is 47.9 Å². The fraction of sp³-hybridized carbons (Fsp3) is 0.383. The highest BCUT2D eigenvalue weighted by molar-refractivity contribution is 6.32. The van der Waals surface area contributed by atoms with Gasteiger partial charge in [-0.05, 0) is 108 Å². The van der Waals surface area contributed by atoms with Crippen molar-refractivity contribution in [3.05, 3.63) is 117 Å². The third-order valence-corrected chi connectivity index (χ3v) is 15.0. The molecule has 15 N–H and O–H groups in total. The van der Waals surface area contributed by atoms with Crippen LogP contribution in [0.1, 0.15) is 105 Å². The Labute approximate surface area is 509 Å². The van der Waals surface area contributed by atoms with Crippen molar-refractivity contribution in [2.75, 3.05) is 20.7 Å². The number of nitrogens with one attached hydrogen (secondary N) is 6. The van der Waals surface area contributed by atoms with Gasteiger partial charge in [-0.15, -0.1) is 0 Å². The molecule has 0 unspecified atom stereocenters. The average Bonchev–Trinajstić information content (AvgIpc) is 1.14. The molecule has 10 atom stereocenters. The number of halogens is 2. The molecule has 0 radical (unpaired) electrons. The highest BCUT2D eigenvalue weighted by Gasteiger charge is 2.38. The number of aryl methyl sites for hydroxylation is 1. The lowest BCUT2D eigenvalue weighted by atomic mass is 9.91. The summed E-state index contributed by atoms with van der Waals surface area (Å²) in [5.41, 5.74) is 6.25. The van der Waals surface area contributed by atoms with Gasteiger partial charge in [0.2, 0.25) is 47.5 Å². The molecule has 6 amide bonds. The van der Waals surface area contributed by atoms with E-state index in [-0.39, 0.29) is 96.7 Å². The van der Waals surface area contributed by atoms with E-state index in [1.54, 1.807) is 12.1 Å². The number of primary amides is 1. The van der Waals surface area contributed by atoms with Crippen LogP contribution < -0.4 is 51.8 Å². The SMILES string of the molecule is CCc1ccc(O)c(-c2c(O)cc(O)cc2[C@@H](C=O)NC(=O)C[C@H](O)c2ccc(Oc3cc4cc(c3O[C@H]3C[C@@H](O)C[C@@H](CO)O3)Oc3ccc(cc3Cl)[C@@H](O)[C@@H](NC(=O)[C@@H](CC(C)C)NC)C(=O)N[C@@H](CC(N)=O)C(=O)N[C@H]4C(=O)NC)c(Cl)c2)c1. The quantitative estimate of drug-likeness (QED) is 0.0460. The number of fused-ring (bicyclic) bond motifs is 9. The molecule has 466 valence electrons. The Morgan fingerprint density at radius 1 is 0.862 bits per heavy atom. The normalized spacial score (nSPS) is 20.6. The molecule has 5 aromatic rings. The molecule has 3 aliphatic rings. The molecule has 3 heterocycles. The number of aromatic hydroxyl groups is 3. The van der Waals surface area contributed by atoms with E-state index in [1.165, 1.54) is 68.7 Å². The summed E-state index contributed by atoms with van der Waals surface area (Å²) in [6, 6.07) is 9.20. The molecule has 0 saturated carbocycles. The van der Waals surface area contributed by atoms with Crippen molar-refractivity contribution >= 4 is 64.9 Å². The number of carbonyl (C=O) groups is 7. The molecule has 25 nitrogen and oxygen atoms in total. The number of rotatable bonds is 21. The summed E-state index contributed by atoms with van der Waals surface area (Å²) < 4.78 is 25.3. The zero-order valence-corrected chi connectivity index (χ0v) is 49.3. The van der Waals surface area contributed by atoms with Crippen LogP contribution in [-0.4, -0.2) is 135 Å². The Balaban J connectivity index is 1.29. The number of aldehydes is 1. The summed E-state index contributed by atoms with van der Waals surface area (Å²) in [5.74, 6) is -8.33. The lowest BCUT2D eigenvalue weighted by Crippen LogP contribution is -2.59. The Bertz CT molecular complexity index is 3390. The third kappa shape index (κ3) is 16.4. The van der Waals surface area contributed by atoms with E-state index < -0.39 is 127 Å².